The Morgan fingerprint density at radius 2 is 1.77 bits per heavy atom. The molecule has 0 aliphatic carbocycles. The van der Waals surface area contributed by atoms with Crippen LogP contribution >= 0.6 is 0 Å². The first kappa shape index (κ1) is 17.4. The van der Waals surface area contributed by atoms with Gasteiger partial charge in [-0.3, -0.25) is 14.6 Å². The molecule has 0 N–H and O–H groups in total. The van der Waals surface area contributed by atoms with Crippen LogP contribution in [-0.2, 0) is 0 Å². The Bertz CT molecular complexity index is 760. The number of fused-ring (bicyclic) bond motifs is 5. The van der Waals surface area contributed by atoms with E-state index in [0.29, 0.717) is 6.04 Å². The predicted molar refractivity (Wildman–Crippen MR) is 109 cm³/mol. The number of rotatable bonds is 4. The Morgan fingerprint density at radius 3 is 2.54 bits per heavy atom. The maximum atomic E-state index is 2.65. The molecule has 1 saturated heterocycles. The topological polar surface area (TPSA) is 14.7 Å². The molecule has 5 heteroatoms. The molecule has 2 aliphatic heterocycles. The quantitative estimate of drug-likeness (QED) is 0.785. The lowest BCUT2D eigenvalue weighted by molar-refractivity contribution is -0.870. The molecule has 1 aromatic carbocycles. The number of piperazine rings is 1. The van der Waals surface area contributed by atoms with E-state index >= 15 is 0 Å². The molecule has 0 amide bonds. The van der Waals surface area contributed by atoms with Crippen LogP contribution in [0.1, 0.15) is 18.2 Å². The number of quaternary nitrogens is 1. The van der Waals surface area contributed by atoms with Crippen molar-refractivity contribution in [2.24, 2.45) is 0 Å². The highest BCUT2D eigenvalue weighted by Gasteiger charge is 2.34. The first-order valence-electron chi connectivity index (χ1n) is 9.74. The van der Waals surface area contributed by atoms with E-state index in [9.17, 15) is 0 Å². The molecule has 26 heavy (non-hydrogen) atoms. The van der Waals surface area contributed by atoms with Crippen molar-refractivity contribution < 1.29 is 4.48 Å². The van der Waals surface area contributed by atoms with Gasteiger partial charge in [0.1, 0.15) is 0 Å². The van der Waals surface area contributed by atoms with Gasteiger partial charge in [-0.05, 0) is 24.3 Å². The molecule has 2 aliphatic rings. The summed E-state index contributed by atoms with van der Waals surface area (Å²) in [5.41, 5.74) is 4.03. The van der Waals surface area contributed by atoms with E-state index < -0.39 is 0 Å². The summed E-state index contributed by atoms with van der Waals surface area (Å²) < 4.78 is 3.36. The largest absolute Gasteiger partial charge is 0.359 e. The van der Waals surface area contributed by atoms with Gasteiger partial charge in [0.15, 0.2) is 0 Å². The molecular weight excluding hydrogens is 322 g/mol. The highest BCUT2D eigenvalue weighted by Crippen LogP contribution is 2.40. The third kappa shape index (κ3) is 3.21. The fourth-order valence-corrected chi connectivity index (χ4v) is 4.37. The lowest BCUT2D eigenvalue weighted by Crippen LogP contribution is -2.49. The SMILES string of the molecule is CN1c2ccccc2N2CCN(CCC[N+](C)(C)C)CC2c2cccn21. The van der Waals surface area contributed by atoms with Crippen molar-refractivity contribution in [1.29, 1.82) is 0 Å². The molecule has 1 unspecified atom stereocenters. The van der Waals surface area contributed by atoms with Crippen LogP contribution in [0.4, 0.5) is 11.4 Å². The molecule has 0 spiro atoms. The first-order chi connectivity index (χ1) is 12.4. The van der Waals surface area contributed by atoms with E-state index in [1.54, 1.807) is 0 Å². The van der Waals surface area contributed by atoms with E-state index in [4.69, 9.17) is 0 Å². The van der Waals surface area contributed by atoms with Gasteiger partial charge in [0.25, 0.3) is 0 Å². The van der Waals surface area contributed by atoms with Crippen LogP contribution in [0.25, 0.3) is 0 Å². The molecular formula is C21H32N5+. The zero-order chi connectivity index (χ0) is 18.3. The second-order valence-corrected chi connectivity index (χ2v) is 8.67. The average Bonchev–Trinajstić information content (AvgIpc) is 3.06. The molecule has 140 valence electrons. The van der Waals surface area contributed by atoms with Crippen molar-refractivity contribution in [3.63, 3.8) is 0 Å². The van der Waals surface area contributed by atoms with E-state index in [1.165, 1.54) is 36.6 Å². The van der Waals surface area contributed by atoms with Crippen molar-refractivity contribution in [3.8, 4) is 0 Å². The van der Waals surface area contributed by atoms with Gasteiger partial charge in [-0.25, -0.2) is 0 Å². The standard InChI is InChI=1S/C21H32N5/c1-22-18-9-5-6-10-19(18)24-15-14-23(12-8-16-26(2,3)4)17-21(24)20-11-7-13-25(20)22/h5-7,9-11,13,21H,8,12,14-17H2,1-4H3/q+1. The fraction of sp³-hybridized carbons (Fsp3) is 0.524. The molecule has 0 radical (unpaired) electrons. The summed E-state index contributed by atoms with van der Waals surface area (Å²) >= 11 is 0. The number of hydrogen-bond acceptors (Lipinski definition) is 3. The van der Waals surface area contributed by atoms with Gasteiger partial charge in [-0.1, -0.05) is 12.1 Å². The summed E-state index contributed by atoms with van der Waals surface area (Å²) in [6.45, 7) is 5.76. The smallest absolute Gasteiger partial charge is 0.0841 e. The van der Waals surface area contributed by atoms with Crippen molar-refractivity contribution in [2.45, 2.75) is 12.5 Å². The Morgan fingerprint density at radius 1 is 1.00 bits per heavy atom. The molecule has 5 nitrogen and oxygen atoms in total. The van der Waals surface area contributed by atoms with Crippen LogP contribution in [0.5, 0.6) is 0 Å². The highest BCUT2D eigenvalue weighted by atomic mass is 15.6. The lowest BCUT2D eigenvalue weighted by atomic mass is 10.1. The third-order valence-electron chi connectivity index (χ3n) is 5.73. The Hall–Kier alpha value is -1.98. The normalized spacial score (nSPS) is 20.4. The summed E-state index contributed by atoms with van der Waals surface area (Å²) in [5.74, 6) is 0. The van der Waals surface area contributed by atoms with Crippen LogP contribution in [0, 0.1) is 0 Å². The number of anilines is 2. The Balaban J connectivity index is 1.59. The average molecular weight is 355 g/mol. The van der Waals surface area contributed by atoms with Gasteiger partial charge < -0.3 is 9.38 Å². The van der Waals surface area contributed by atoms with E-state index in [-0.39, 0.29) is 0 Å². The van der Waals surface area contributed by atoms with Gasteiger partial charge in [-0.15, -0.1) is 0 Å². The first-order valence-corrected chi connectivity index (χ1v) is 9.74. The van der Waals surface area contributed by atoms with Gasteiger partial charge in [-0.2, -0.15) is 0 Å². The Kier molecular flexibility index (Phi) is 4.45. The van der Waals surface area contributed by atoms with Gasteiger partial charge in [0.05, 0.1) is 50.8 Å². The van der Waals surface area contributed by atoms with E-state index in [2.05, 4.69) is 90.3 Å². The molecule has 3 heterocycles. The molecule has 1 aromatic heterocycles. The van der Waals surface area contributed by atoms with E-state index in [1.807, 2.05) is 0 Å². The van der Waals surface area contributed by atoms with Crippen LogP contribution in [0.15, 0.2) is 42.6 Å². The molecule has 1 fully saturated rings. The van der Waals surface area contributed by atoms with Gasteiger partial charge in [0, 0.05) is 45.8 Å². The summed E-state index contributed by atoms with van der Waals surface area (Å²) in [6, 6.07) is 13.7. The molecule has 1 atom stereocenters. The monoisotopic (exact) mass is 354 g/mol. The minimum atomic E-state index is 0.411. The number of nitrogens with zero attached hydrogens (tertiary/aromatic N) is 5. The number of benzene rings is 1. The maximum Gasteiger partial charge on any atom is 0.0841 e. The summed E-state index contributed by atoms with van der Waals surface area (Å²) in [6.07, 6.45) is 3.44. The van der Waals surface area contributed by atoms with Crippen molar-refractivity contribution in [3.05, 3.63) is 48.3 Å². The molecule has 0 saturated carbocycles. The highest BCUT2D eigenvalue weighted by molar-refractivity contribution is 5.73. The molecule has 0 bridgehead atoms. The summed E-state index contributed by atoms with van der Waals surface area (Å²) in [7, 11) is 9.01. The second kappa shape index (κ2) is 6.63. The number of para-hydroxylation sites is 2. The van der Waals surface area contributed by atoms with Crippen molar-refractivity contribution >= 4 is 11.4 Å². The van der Waals surface area contributed by atoms with Crippen molar-refractivity contribution in [1.82, 2.24) is 9.58 Å². The Labute approximate surface area is 157 Å². The van der Waals surface area contributed by atoms with Gasteiger partial charge >= 0.3 is 0 Å². The summed E-state index contributed by atoms with van der Waals surface area (Å²) in [4.78, 5) is 5.27. The fourth-order valence-electron chi connectivity index (χ4n) is 4.37. The molecule has 4 rings (SSSR count). The zero-order valence-electron chi connectivity index (χ0n) is 16.6. The van der Waals surface area contributed by atoms with Crippen LogP contribution in [0.3, 0.4) is 0 Å². The lowest BCUT2D eigenvalue weighted by Gasteiger charge is -2.42. The number of aromatic nitrogens is 1. The minimum absolute atomic E-state index is 0.411. The number of hydrogen-bond donors (Lipinski definition) is 0. The van der Waals surface area contributed by atoms with Gasteiger partial charge in [0.2, 0.25) is 0 Å². The van der Waals surface area contributed by atoms with Crippen molar-refractivity contribution in [2.75, 3.05) is 70.8 Å². The maximum absolute atomic E-state index is 2.65. The minimum Gasteiger partial charge on any atom is -0.359 e. The van der Waals surface area contributed by atoms with Crippen LogP contribution < -0.4 is 9.91 Å². The third-order valence-corrected chi connectivity index (χ3v) is 5.73. The predicted octanol–water partition coefficient (Wildman–Crippen LogP) is 2.66. The second-order valence-electron chi connectivity index (χ2n) is 8.67. The summed E-state index contributed by atoms with van der Waals surface area (Å²) in [5, 5.41) is 2.28. The van der Waals surface area contributed by atoms with Crippen LogP contribution in [-0.4, -0.2) is 75.0 Å². The van der Waals surface area contributed by atoms with E-state index in [0.717, 1.165) is 24.1 Å². The van der Waals surface area contributed by atoms with Crippen LogP contribution in [0.2, 0.25) is 0 Å². The zero-order valence-corrected chi connectivity index (χ0v) is 16.6. The molecule has 2 aromatic rings.